The minimum absolute atomic E-state index is 0.0175. The Bertz CT molecular complexity index is 5720. The molecule has 37 nitrogen and oxygen atoms in total. The number of alkyl halides is 12. The molecule has 55 heteroatoms. The number of methoxy groups -OCH3 is 4. The van der Waals surface area contributed by atoms with Gasteiger partial charge < -0.3 is 61.3 Å². The highest BCUT2D eigenvalue weighted by atomic mass is 79.9. The van der Waals surface area contributed by atoms with Crippen LogP contribution in [0, 0.1) is 27.7 Å². The van der Waals surface area contributed by atoms with E-state index in [0.717, 1.165) is 84.0 Å². The van der Waals surface area contributed by atoms with Gasteiger partial charge in [-0.15, -0.1) is 19.2 Å². The number of nitrogens with one attached hydrogen (secondary N) is 7. The van der Waals surface area contributed by atoms with Gasteiger partial charge in [0.2, 0.25) is 0 Å². The number of anilines is 8. The van der Waals surface area contributed by atoms with Crippen LogP contribution in [0.2, 0.25) is 0 Å². The SMILES string of the molecule is COC(C)c1c(N)cnc(C)c1Br.COC(C)c1c(NC(=O)Nc2cnc(-n3nccn3)c(C(F)(F)F)c2)cnc(C)c1Br.CO[C@@H](C)c1c(NC(=O)Nc2cnc(-n3nccn3)c(C(F)(F)F)c2)cnc(C)c1Br.CO[C@H](C)c1c(NC(=O)Nc2cnc(-n3nccn3)c(C(F)(F)F)c2)cnc(C)c1Br.CSF.O=C(Nc1cnc(-n2nccn2)c(C(F)(F)F)c1)Oc1ccccc1. The molecule has 0 bridgehead atoms. The number of benzene rings is 1. The van der Waals surface area contributed by atoms with E-state index in [0.29, 0.717) is 69.9 Å². The predicted octanol–water partition coefficient (Wildman–Crippen LogP) is 20.5. The second kappa shape index (κ2) is 48.1. The van der Waals surface area contributed by atoms with Crippen LogP contribution < -0.4 is 47.7 Å². The minimum atomic E-state index is -4.74. The molecule has 0 spiro atoms. The quantitative estimate of drug-likeness (QED) is 0.0329. The Kier molecular flexibility index (Phi) is 38.2. The Morgan fingerprint density at radius 1 is 0.366 bits per heavy atom. The minimum Gasteiger partial charge on any atom is -0.410 e. The van der Waals surface area contributed by atoms with Crippen LogP contribution in [0.3, 0.4) is 0 Å². The summed E-state index contributed by atoms with van der Waals surface area (Å²) in [4.78, 5) is 83.9. The normalized spacial score (nSPS) is 12.1. The first-order valence-corrected chi connectivity index (χ1v) is 42.2. The van der Waals surface area contributed by atoms with Crippen LogP contribution in [0.1, 0.15) is 119 Å². The number of pyridine rings is 8. The number of nitrogens with two attached hydrogens (primary N) is 1. The Balaban J connectivity index is 0.000000209. The number of amides is 7. The van der Waals surface area contributed by atoms with E-state index < -0.39 is 94.4 Å². The van der Waals surface area contributed by atoms with E-state index in [2.05, 4.69) is 182 Å². The number of hydrogen-bond donors (Lipinski definition) is 8. The third-order valence-corrected chi connectivity index (χ3v) is 21.8. The van der Waals surface area contributed by atoms with Crippen molar-refractivity contribution < 1.29 is 99.4 Å². The van der Waals surface area contributed by atoms with Crippen molar-refractivity contribution >= 4 is 146 Å². The van der Waals surface area contributed by atoms with Crippen LogP contribution in [-0.4, -0.2) is 159 Å². The Hall–Kier alpha value is -12.9. The lowest BCUT2D eigenvalue weighted by Gasteiger charge is -2.19. The first-order chi connectivity index (χ1) is 63.3. The molecule has 9 N–H and O–H groups in total. The summed E-state index contributed by atoms with van der Waals surface area (Å²) in [5.74, 6) is -1.77. The fourth-order valence-corrected chi connectivity index (χ4v) is 13.8. The Morgan fingerprint density at radius 3 is 0.843 bits per heavy atom. The van der Waals surface area contributed by atoms with Crippen molar-refractivity contribution in [2.24, 2.45) is 0 Å². The van der Waals surface area contributed by atoms with Crippen molar-refractivity contribution in [1.82, 2.24) is 99.8 Å². The van der Waals surface area contributed by atoms with Gasteiger partial charge in [0.1, 0.15) is 28.0 Å². The fourth-order valence-electron chi connectivity index (χ4n) is 11.3. The number of carbonyl (C=O) groups excluding carboxylic acids is 4. The molecule has 12 aromatic heterocycles. The second-order valence-electron chi connectivity index (χ2n) is 26.9. The van der Waals surface area contributed by atoms with Crippen LogP contribution in [0.15, 0.2) is 172 Å². The maximum atomic E-state index is 13.5. The van der Waals surface area contributed by atoms with E-state index in [-0.39, 0.29) is 65.1 Å². The van der Waals surface area contributed by atoms with Crippen molar-refractivity contribution in [3.05, 3.63) is 239 Å². The molecule has 0 aliphatic heterocycles. The van der Waals surface area contributed by atoms with E-state index >= 15 is 0 Å². The van der Waals surface area contributed by atoms with Gasteiger partial charge in [0.05, 0.1) is 192 Å². The number of hydrogen-bond acceptors (Lipinski definition) is 27. The standard InChI is InChI=1S/3C18H17BrF3N7O2.C15H10F3N5O2.C9H13BrN2O.CH3FS/c3*1-9-15(19)14(10(2)31-3)13(8-23-9)28-17(30)27-11-6-12(18(20,21)22)16(24-7-11)29-25-4-5-26-29;16-15(17,18)12-8-10(9-19-13(12)23-20-6-7-21-23)22-14(24)25-11-4-2-1-3-5-11;1-5-9(10)8(6(2)13-3)7(11)4-12-5;1-3-2/h3*4-8,10H,1-3H3,(H2,27,28,30);1-9H,(H,22,24);4,6H,11H2,1-3H3;1H3/t2*10-;;;;/m10..../s1. The number of urea groups is 3. The zero-order valence-corrected chi connectivity index (χ0v) is 78.9. The molecule has 12 heterocycles. The number of nitrogen functional groups attached to an aromatic ring is 1. The number of halogens is 17. The maximum Gasteiger partial charge on any atom is 0.420 e. The first kappa shape index (κ1) is 106. The van der Waals surface area contributed by atoms with Gasteiger partial charge in [-0.2, -0.15) is 97.4 Å². The molecule has 0 aliphatic carbocycles. The number of aromatic nitrogens is 20. The molecule has 712 valence electrons. The zero-order chi connectivity index (χ0) is 98.9. The molecule has 0 saturated carbocycles. The topological polar surface area (TPSA) is 451 Å². The van der Waals surface area contributed by atoms with Gasteiger partial charge in [-0.3, -0.25) is 25.3 Å². The molecule has 0 fully saturated rings. The van der Waals surface area contributed by atoms with Crippen LogP contribution in [-0.2, 0) is 43.7 Å². The van der Waals surface area contributed by atoms with Gasteiger partial charge in [0.25, 0.3) is 0 Å². The van der Waals surface area contributed by atoms with Gasteiger partial charge in [-0.1, -0.05) is 18.2 Å². The summed E-state index contributed by atoms with van der Waals surface area (Å²) in [7, 11) is 6.19. The third kappa shape index (κ3) is 29.0. The monoisotopic (exact) mass is 2160 g/mol. The lowest BCUT2D eigenvalue weighted by molar-refractivity contribution is -0.138. The number of ether oxygens (including phenoxy) is 5. The summed E-state index contributed by atoms with van der Waals surface area (Å²) in [5, 5.41) is 46.3. The first-order valence-electron chi connectivity index (χ1n) is 37.9. The highest BCUT2D eigenvalue weighted by molar-refractivity contribution is 9.11. The predicted molar refractivity (Wildman–Crippen MR) is 478 cm³/mol. The summed E-state index contributed by atoms with van der Waals surface area (Å²) < 4.78 is 201. The molecule has 13 rings (SSSR count). The average Bonchev–Trinajstić information content (AvgIpc) is 1.24. The summed E-state index contributed by atoms with van der Waals surface area (Å²) in [6.45, 7) is 14.6. The second-order valence-corrected chi connectivity index (χ2v) is 30.3. The van der Waals surface area contributed by atoms with Crippen molar-refractivity contribution in [1.29, 1.82) is 0 Å². The van der Waals surface area contributed by atoms with Crippen molar-refractivity contribution in [2.45, 2.75) is 105 Å². The molecular formula is C79H77Br4F13N28O9S. The van der Waals surface area contributed by atoms with Gasteiger partial charge in [-0.25, -0.2) is 39.1 Å². The highest BCUT2D eigenvalue weighted by Crippen LogP contribution is 2.42. The van der Waals surface area contributed by atoms with E-state index in [9.17, 15) is 75.7 Å². The van der Waals surface area contributed by atoms with Crippen LogP contribution >= 0.6 is 75.9 Å². The van der Waals surface area contributed by atoms with E-state index in [1.165, 1.54) is 108 Å². The molecule has 4 atom stereocenters. The number of nitrogens with zero attached hydrogens (tertiary/aromatic N) is 20. The summed E-state index contributed by atoms with van der Waals surface area (Å²) in [5.41, 5.74) is 8.26. The molecular weight excluding hydrogens is 2080 g/mol. The third-order valence-electron chi connectivity index (χ3n) is 17.8. The van der Waals surface area contributed by atoms with Crippen molar-refractivity contribution in [3.8, 4) is 29.0 Å². The number of para-hydroxylation sites is 1. The largest absolute Gasteiger partial charge is 0.420 e. The summed E-state index contributed by atoms with van der Waals surface area (Å²) >= 11 is 14.0. The molecule has 13 aromatic rings. The Labute approximate surface area is 790 Å². The molecule has 134 heavy (non-hydrogen) atoms. The van der Waals surface area contributed by atoms with E-state index in [4.69, 9.17) is 29.4 Å². The van der Waals surface area contributed by atoms with Gasteiger partial charge >= 0.3 is 48.9 Å². The maximum absolute atomic E-state index is 13.5. The van der Waals surface area contributed by atoms with Crippen molar-refractivity contribution in [2.75, 3.05) is 77.6 Å². The van der Waals surface area contributed by atoms with Crippen molar-refractivity contribution in [3.63, 3.8) is 0 Å². The smallest absolute Gasteiger partial charge is 0.410 e. The molecule has 0 aliphatic rings. The fraction of sp³-hybridized carbons (Fsp3) is 0.266. The molecule has 0 radical (unpaired) electrons. The molecule has 0 saturated heterocycles. The van der Waals surface area contributed by atoms with Gasteiger partial charge in [0.15, 0.2) is 23.3 Å². The molecule has 1 aromatic carbocycles. The average molecular weight is 2160 g/mol. The molecule has 7 amide bonds. The molecule has 2 unspecified atom stereocenters. The van der Waals surface area contributed by atoms with E-state index in [1.54, 1.807) is 73.0 Å². The lowest BCUT2D eigenvalue weighted by atomic mass is 10.1. The lowest BCUT2D eigenvalue weighted by Crippen LogP contribution is -2.22. The highest BCUT2D eigenvalue weighted by Gasteiger charge is 2.40. The van der Waals surface area contributed by atoms with Gasteiger partial charge in [0, 0.05) is 87.0 Å². The number of aryl methyl sites for hydroxylation is 4. The van der Waals surface area contributed by atoms with Gasteiger partial charge in [-0.05, 0) is 156 Å². The zero-order valence-electron chi connectivity index (χ0n) is 71.8. The Morgan fingerprint density at radius 2 is 0.597 bits per heavy atom. The van der Waals surface area contributed by atoms with E-state index in [1.807, 2.05) is 13.8 Å². The summed E-state index contributed by atoms with van der Waals surface area (Å²) in [6, 6.07) is 8.77. The summed E-state index contributed by atoms with van der Waals surface area (Å²) in [6.07, 6.45) is 0.446. The van der Waals surface area contributed by atoms with Crippen LogP contribution in [0.4, 0.5) is 121 Å². The van der Waals surface area contributed by atoms with Crippen LogP contribution in [0.25, 0.3) is 23.3 Å². The number of rotatable bonds is 20. The van der Waals surface area contributed by atoms with Crippen LogP contribution in [0.5, 0.6) is 5.75 Å². The number of carbonyl (C=O) groups is 4.